The summed E-state index contributed by atoms with van der Waals surface area (Å²) in [6, 6.07) is 3.92. The standard InChI is InChI=1S/C15H19N3O2/c1-18-13(19)8-7-12(15(18)20)17-11-6-2-4-10-5-3-9-16-14(10)11/h3,5,9,11-12,17H,2,4,6-8H2,1H3. The smallest absolute Gasteiger partial charge is 0.246 e. The van der Waals surface area contributed by atoms with Crippen LogP contribution in [-0.4, -0.2) is 34.8 Å². The number of piperidine rings is 1. The number of nitrogens with one attached hydrogen (secondary N) is 1. The first-order chi connectivity index (χ1) is 9.66. The molecular weight excluding hydrogens is 254 g/mol. The highest BCUT2D eigenvalue weighted by Crippen LogP contribution is 2.29. The number of fused-ring (bicyclic) bond motifs is 1. The van der Waals surface area contributed by atoms with Gasteiger partial charge < -0.3 is 0 Å². The van der Waals surface area contributed by atoms with Gasteiger partial charge in [-0.15, -0.1) is 0 Å². The van der Waals surface area contributed by atoms with E-state index in [-0.39, 0.29) is 23.9 Å². The Morgan fingerprint density at radius 1 is 1.25 bits per heavy atom. The molecule has 1 aromatic rings. The summed E-state index contributed by atoms with van der Waals surface area (Å²) in [5.41, 5.74) is 2.33. The van der Waals surface area contributed by atoms with E-state index in [1.807, 2.05) is 6.07 Å². The number of imide groups is 1. The lowest BCUT2D eigenvalue weighted by Gasteiger charge is -2.33. The molecule has 0 saturated carbocycles. The summed E-state index contributed by atoms with van der Waals surface area (Å²) in [5, 5.41) is 3.41. The molecule has 0 spiro atoms. The molecule has 1 aliphatic carbocycles. The molecule has 0 bridgehead atoms. The van der Waals surface area contributed by atoms with Crippen LogP contribution in [0.3, 0.4) is 0 Å². The second-order valence-electron chi connectivity index (χ2n) is 5.54. The van der Waals surface area contributed by atoms with Gasteiger partial charge in [0.05, 0.1) is 17.8 Å². The van der Waals surface area contributed by atoms with Crippen LogP contribution in [0.5, 0.6) is 0 Å². The van der Waals surface area contributed by atoms with Crippen LogP contribution in [-0.2, 0) is 16.0 Å². The molecule has 5 nitrogen and oxygen atoms in total. The number of likely N-dealkylation sites (tertiary alicyclic amines) is 1. The van der Waals surface area contributed by atoms with Crippen LogP contribution >= 0.6 is 0 Å². The number of nitrogens with zero attached hydrogens (tertiary/aromatic N) is 2. The predicted molar refractivity (Wildman–Crippen MR) is 73.9 cm³/mol. The third-order valence-electron chi connectivity index (χ3n) is 4.25. The third kappa shape index (κ3) is 2.33. The second kappa shape index (κ2) is 5.32. The maximum absolute atomic E-state index is 12.1. The number of amides is 2. The Bertz CT molecular complexity index is 544. The van der Waals surface area contributed by atoms with Gasteiger partial charge in [-0.2, -0.15) is 0 Å². The van der Waals surface area contributed by atoms with Crippen molar-refractivity contribution in [2.45, 2.75) is 44.2 Å². The fraction of sp³-hybridized carbons (Fsp3) is 0.533. The minimum absolute atomic E-state index is 0.0878. The van der Waals surface area contributed by atoms with Gasteiger partial charge in [0.15, 0.2) is 0 Å². The number of pyridine rings is 1. The van der Waals surface area contributed by atoms with Gasteiger partial charge in [0, 0.05) is 19.7 Å². The van der Waals surface area contributed by atoms with Crippen LogP contribution in [0.15, 0.2) is 18.3 Å². The highest BCUT2D eigenvalue weighted by Gasteiger charge is 2.34. The van der Waals surface area contributed by atoms with E-state index in [0.717, 1.165) is 25.0 Å². The van der Waals surface area contributed by atoms with Crippen molar-refractivity contribution in [1.29, 1.82) is 0 Å². The molecule has 2 heterocycles. The zero-order chi connectivity index (χ0) is 14.1. The number of carbonyl (C=O) groups is 2. The summed E-state index contributed by atoms with van der Waals surface area (Å²) in [7, 11) is 1.56. The maximum Gasteiger partial charge on any atom is 0.246 e. The number of aromatic nitrogens is 1. The third-order valence-corrected chi connectivity index (χ3v) is 4.25. The van der Waals surface area contributed by atoms with Crippen molar-refractivity contribution in [3.63, 3.8) is 0 Å². The normalized spacial score (nSPS) is 26.6. The molecule has 0 radical (unpaired) electrons. The average molecular weight is 273 g/mol. The van der Waals surface area contributed by atoms with Gasteiger partial charge in [-0.05, 0) is 37.3 Å². The van der Waals surface area contributed by atoms with Crippen molar-refractivity contribution in [3.8, 4) is 0 Å². The van der Waals surface area contributed by atoms with E-state index in [2.05, 4.69) is 16.4 Å². The lowest BCUT2D eigenvalue weighted by atomic mass is 9.90. The molecule has 1 fully saturated rings. The lowest BCUT2D eigenvalue weighted by molar-refractivity contribution is -0.148. The van der Waals surface area contributed by atoms with Crippen LogP contribution in [0, 0.1) is 0 Å². The average Bonchev–Trinajstić information content (AvgIpc) is 2.48. The number of rotatable bonds is 2. The molecule has 2 amide bonds. The molecule has 3 rings (SSSR count). The fourth-order valence-electron chi connectivity index (χ4n) is 3.08. The number of hydrogen-bond donors (Lipinski definition) is 1. The first kappa shape index (κ1) is 13.2. The maximum atomic E-state index is 12.1. The topological polar surface area (TPSA) is 62.3 Å². The Kier molecular flexibility index (Phi) is 3.53. The fourth-order valence-corrected chi connectivity index (χ4v) is 3.08. The highest BCUT2D eigenvalue weighted by molar-refractivity contribution is 6.00. The van der Waals surface area contributed by atoms with Crippen LogP contribution < -0.4 is 5.32 Å². The van der Waals surface area contributed by atoms with Gasteiger partial charge in [0.1, 0.15) is 0 Å². The molecule has 0 aromatic carbocycles. The molecule has 1 aliphatic heterocycles. The largest absolute Gasteiger partial charge is 0.297 e. The highest BCUT2D eigenvalue weighted by atomic mass is 16.2. The van der Waals surface area contributed by atoms with Gasteiger partial charge in [0.25, 0.3) is 0 Å². The van der Waals surface area contributed by atoms with Gasteiger partial charge in [-0.25, -0.2) is 0 Å². The number of aryl methyl sites for hydroxylation is 1. The van der Waals surface area contributed by atoms with Crippen molar-refractivity contribution in [2.24, 2.45) is 0 Å². The molecule has 2 atom stereocenters. The number of likely N-dealkylation sites (N-methyl/N-ethyl adjacent to an activating group) is 1. The molecule has 2 unspecified atom stereocenters. The zero-order valence-corrected chi connectivity index (χ0v) is 11.6. The van der Waals surface area contributed by atoms with Crippen molar-refractivity contribution < 1.29 is 9.59 Å². The summed E-state index contributed by atoms with van der Waals surface area (Å²) < 4.78 is 0. The van der Waals surface area contributed by atoms with Crippen LogP contribution in [0.1, 0.15) is 43.0 Å². The van der Waals surface area contributed by atoms with E-state index in [9.17, 15) is 9.59 Å². The van der Waals surface area contributed by atoms with Crippen molar-refractivity contribution in [1.82, 2.24) is 15.2 Å². The molecule has 106 valence electrons. The Balaban J connectivity index is 1.76. The first-order valence-corrected chi connectivity index (χ1v) is 7.17. The summed E-state index contributed by atoms with van der Waals surface area (Å²) in [4.78, 5) is 29.4. The Labute approximate surface area is 118 Å². The molecule has 20 heavy (non-hydrogen) atoms. The lowest BCUT2D eigenvalue weighted by Crippen LogP contribution is -2.52. The van der Waals surface area contributed by atoms with E-state index in [1.54, 1.807) is 13.2 Å². The Morgan fingerprint density at radius 2 is 2.10 bits per heavy atom. The minimum Gasteiger partial charge on any atom is -0.297 e. The van der Waals surface area contributed by atoms with Gasteiger partial charge in [-0.1, -0.05) is 6.07 Å². The molecule has 1 aromatic heterocycles. The van der Waals surface area contributed by atoms with Crippen molar-refractivity contribution in [2.75, 3.05) is 7.05 Å². The Hall–Kier alpha value is -1.75. The first-order valence-electron chi connectivity index (χ1n) is 7.17. The monoisotopic (exact) mass is 273 g/mol. The van der Waals surface area contributed by atoms with E-state index < -0.39 is 0 Å². The summed E-state index contributed by atoms with van der Waals surface area (Å²) in [6.45, 7) is 0. The van der Waals surface area contributed by atoms with Gasteiger partial charge in [0.2, 0.25) is 11.8 Å². The summed E-state index contributed by atoms with van der Waals surface area (Å²) in [5.74, 6) is -0.209. The quantitative estimate of drug-likeness (QED) is 0.822. The van der Waals surface area contributed by atoms with Crippen LogP contribution in [0.4, 0.5) is 0 Å². The SMILES string of the molecule is CN1C(=O)CCC(NC2CCCc3cccnc32)C1=O. The van der Waals surface area contributed by atoms with Gasteiger partial charge >= 0.3 is 0 Å². The minimum atomic E-state index is -0.268. The number of carbonyl (C=O) groups excluding carboxylic acids is 2. The molecule has 5 heteroatoms. The van der Waals surface area contributed by atoms with Crippen LogP contribution in [0.2, 0.25) is 0 Å². The predicted octanol–water partition coefficient (Wildman–Crippen LogP) is 1.20. The van der Waals surface area contributed by atoms with Crippen molar-refractivity contribution >= 4 is 11.8 Å². The van der Waals surface area contributed by atoms with Crippen LogP contribution in [0.25, 0.3) is 0 Å². The molecule has 1 N–H and O–H groups in total. The summed E-state index contributed by atoms with van der Waals surface area (Å²) >= 11 is 0. The molecule has 2 aliphatic rings. The van der Waals surface area contributed by atoms with E-state index in [1.165, 1.54) is 10.5 Å². The van der Waals surface area contributed by atoms with E-state index in [0.29, 0.717) is 12.8 Å². The summed E-state index contributed by atoms with van der Waals surface area (Å²) in [6.07, 6.45) is 5.97. The number of hydrogen-bond acceptors (Lipinski definition) is 4. The van der Waals surface area contributed by atoms with E-state index >= 15 is 0 Å². The van der Waals surface area contributed by atoms with E-state index in [4.69, 9.17) is 0 Å². The van der Waals surface area contributed by atoms with Crippen molar-refractivity contribution in [3.05, 3.63) is 29.6 Å². The second-order valence-corrected chi connectivity index (χ2v) is 5.54. The zero-order valence-electron chi connectivity index (χ0n) is 11.6. The molecule has 1 saturated heterocycles. The Morgan fingerprint density at radius 3 is 2.95 bits per heavy atom. The van der Waals surface area contributed by atoms with Gasteiger partial charge in [-0.3, -0.25) is 24.8 Å². The molecular formula is C15H19N3O2.